The maximum absolute atomic E-state index is 13.0. The smallest absolute Gasteiger partial charge is 0.416 e. The van der Waals surface area contributed by atoms with E-state index in [4.69, 9.17) is 9.47 Å². The number of nitrogens with zero attached hydrogens (tertiary/aromatic N) is 3. The van der Waals surface area contributed by atoms with Crippen LogP contribution >= 0.6 is 0 Å². The van der Waals surface area contributed by atoms with Crippen LogP contribution in [0.1, 0.15) is 11.1 Å². The number of aromatic nitrogens is 2. The number of benzene rings is 2. The topological polar surface area (TPSA) is 70.7 Å². The molecule has 1 unspecified atom stereocenters. The van der Waals surface area contributed by atoms with Crippen molar-refractivity contribution in [1.82, 2.24) is 14.9 Å². The molecule has 170 valence electrons. The molecule has 0 saturated carbocycles. The summed E-state index contributed by atoms with van der Waals surface area (Å²) in [6.45, 7) is 1.65. The number of piperazine rings is 1. The van der Waals surface area contributed by atoms with Crippen LogP contribution in [0, 0.1) is 0 Å². The summed E-state index contributed by atoms with van der Waals surface area (Å²) in [6.07, 6.45) is -4.85. The fourth-order valence-corrected chi connectivity index (χ4v) is 3.75. The van der Waals surface area contributed by atoms with Crippen LogP contribution in [0.5, 0.6) is 0 Å². The standard InChI is InChI=1S/C22H23F3N4O3/c1-31-14-17-12-28(21(30)32-13-15-5-3-2-4-6-15)9-10-29(17)20-26-18-8-7-16(22(23,24)25)11-19(18)27-20/h2-8,11,17H,9-10,12-14H2,1H3,(H,26,27). The zero-order valence-corrected chi connectivity index (χ0v) is 17.4. The number of hydrogen-bond donors (Lipinski definition) is 1. The largest absolute Gasteiger partial charge is 0.445 e. The summed E-state index contributed by atoms with van der Waals surface area (Å²) in [5, 5.41) is 0. The molecule has 0 radical (unpaired) electrons. The number of alkyl halides is 3. The highest BCUT2D eigenvalue weighted by Crippen LogP contribution is 2.32. The van der Waals surface area contributed by atoms with Crippen molar-refractivity contribution in [1.29, 1.82) is 0 Å². The van der Waals surface area contributed by atoms with Gasteiger partial charge in [-0.05, 0) is 23.8 Å². The lowest BCUT2D eigenvalue weighted by Gasteiger charge is -2.40. The molecule has 1 aromatic heterocycles. The quantitative estimate of drug-likeness (QED) is 0.638. The number of H-pyrrole nitrogens is 1. The van der Waals surface area contributed by atoms with Crippen molar-refractivity contribution in [3.63, 3.8) is 0 Å². The van der Waals surface area contributed by atoms with E-state index in [1.807, 2.05) is 35.2 Å². The first-order valence-electron chi connectivity index (χ1n) is 10.1. The van der Waals surface area contributed by atoms with E-state index in [2.05, 4.69) is 9.97 Å². The summed E-state index contributed by atoms with van der Waals surface area (Å²) in [6, 6.07) is 12.6. The first kappa shape index (κ1) is 21.9. The van der Waals surface area contributed by atoms with Crippen LogP contribution in [0.2, 0.25) is 0 Å². The summed E-state index contributed by atoms with van der Waals surface area (Å²) in [5.41, 5.74) is 0.901. The molecule has 2 heterocycles. The SMILES string of the molecule is COCC1CN(C(=O)OCc2ccccc2)CCN1c1nc2ccc(C(F)(F)F)cc2[nH]1. The van der Waals surface area contributed by atoms with Crippen molar-refractivity contribution in [2.45, 2.75) is 18.8 Å². The second kappa shape index (κ2) is 9.07. The number of amides is 1. The van der Waals surface area contributed by atoms with Crippen LogP contribution in [0.3, 0.4) is 0 Å². The number of nitrogens with one attached hydrogen (secondary N) is 1. The molecule has 1 fully saturated rings. The highest BCUT2D eigenvalue weighted by molar-refractivity contribution is 5.78. The fraction of sp³-hybridized carbons (Fsp3) is 0.364. The van der Waals surface area contributed by atoms with Crippen molar-refractivity contribution in [3.8, 4) is 0 Å². The predicted molar refractivity (Wildman–Crippen MR) is 112 cm³/mol. The third-order valence-corrected chi connectivity index (χ3v) is 5.37. The molecule has 1 atom stereocenters. The third kappa shape index (κ3) is 4.80. The van der Waals surface area contributed by atoms with Crippen molar-refractivity contribution >= 4 is 23.1 Å². The van der Waals surface area contributed by atoms with Gasteiger partial charge in [0.15, 0.2) is 0 Å². The highest BCUT2D eigenvalue weighted by atomic mass is 19.4. The van der Waals surface area contributed by atoms with E-state index in [1.54, 1.807) is 12.0 Å². The molecule has 1 saturated heterocycles. The molecular formula is C22H23F3N4O3. The van der Waals surface area contributed by atoms with E-state index < -0.39 is 17.8 Å². The van der Waals surface area contributed by atoms with E-state index in [-0.39, 0.29) is 12.6 Å². The van der Waals surface area contributed by atoms with Crippen molar-refractivity contribution < 1.29 is 27.4 Å². The van der Waals surface area contributed by atoms with Crippen molar-refractivity contribution in [3.05, 3.63) is 59.7 Å². The number of carbonyl (C=O) groups excluding carboxylic acids is 1. The Bertz CT molecular complexity index is 1070. The molecule has 1 aliphatic rings. The van der Waals surface area contributed by atoms with Crippen LogP contribution in [-0.4, -0.2) is 60.4 Å². The third-order valence-electron chi connectivity index (χ3n) is 5.37. The Hall–Kier alpha value is -3.27. The van der Waals surface area contributed by atoms with Gasteiger partial charge in [0.05, 0.1) is 29.2 Å². The molecule has 2 aromatic carbocycles. The number of hydrogen-bond acceptors (Lipinski definition) is 5. The molecule has 0 aliphatic carbocycles. The van der Waals surface area contributed by atoms with Gasteiger partial charge in [-0.1, -0.05) is 30.3 Å². The molecule has 1 N–H and O–H groups in total. The van der Waals surface area contributed by atoms with Gasteiger partial charge in [0.2, 0.25) is 5.95 Å². The number of carbonyl (C=O) groups is 1. The first-order valence-corrected chi connectivity index (χ1v) is 10.1. The molecule has 0 spiro atoms. The molecule has 4 rings (SSSR count). The molecule has 1 aliphatic heterocycles. The maximum Gasteiger partial charge on any atom is 0.416 e. The first-order chi connectivity index (χ1) is 15.3. The predicted octanol–water partition coefficient (Wildman–Crippen LogP) is 4.06. The maximum atomic E-state index is 13.0. The Labute approximate surface area is 182 Å². The lowest BCUT2D eigenvalue weighted by atomic mass is 10.2. The fourth-order valence-electron chi connectivity index (χ4n) is 3.75. The molecule has 1 amide bonds. The zero-order chi connectivity index (χ0) is 22.7. The average Bonchev–Trinajstić information content (AvgIpc) is 3.21. The van der Waals surface area contributed by atoms with Crippen molar-refractivity contribution in [2.24, 2.45) is 0 Å². The Balaban J connectivity index is 1.46. The minimum atomic E-state index is -4.43. The van der Waals surface area contributed by atoms with Crippen LogP contribution in [0.4, 0.5) is 23.9 Å². The number of ether oxygens (including phenoxy) is 2. The second-order valence-electron chi connectivity index (χ2n) is 7.58. The summed E-state index contributed by atoms with van der Waals surface area (Å²) in [5.74, 6) is 0.443. The number of aromatic amines is 1. The molecular weight excluding hydrogens is 425 g/mol. The normalized spacial score (nSPS) is 17.1. The summed E-state index contributed by atoms with van der Waals surface area (Å²) < 4.78 is 49.8. The van der Waals surface area contributed by atoms with Gasteiger partial charge in [-0.2, -0.15) is 13.2 Å². The van der Waals surface area contributed by atoms with E-state index in [0.29, 0.717) is 43.2 Å². The minimum Gasteiger partial charge on any atom is -0.445 e. The monoisotopic (exact) mass is 448 g/mol. The molecule has 10 heteroatoms. The molecule has 7 nitrogen and oxygen atoms in total. The highest BCUT2D eigenvalue weighted by Gasteiger charge is 2.33. The van der Waals surface area contributed by atoms with Gasteiger partial charge in [0.1, 0.15) is 6.61 Å². The molecule has 0 bridgehead atoms. The Morgan fingerprint density at radius 2 is 1.97 bits per heavy atom. The number of anilines is 1. The van der Waals surface area contributed by atoms with Crippen LogP contribution in [0.15, 0.2) is 48.5 Å². The lowest BCUT2D eigenvalue weighted by Crippen LogP contribution is -2.57. The Morgan fingerprint density at radius 3 is 2.69 bits per heavy atom. The summed E-state index contributed by atoms with van der Waals surface area (Å²) in [4.78, 5) is 23.5. The van der Waals surface area contributed by atoms with Gasteiger partial charge in [-0.15, -0.1) is 0 Å². The average molecular weight is 448 g/mol. The number of halogens is 3. The van der Waals surface area contributed by atoms with E-state index in [0.717, 1.165) is 17.7 Å². The van der Waals surface area contributed by atoms with Gasteiger partial charge in [-0.25, -0.2) is 9.78 Å². The van der Waals surface area contributed by atoms with Gasteiger partial charge in [0, 0.05) is 26.7 Å². The number of rotatable bonds is 5. The number of fused-ring (bicyclic) bond motifs is 1. The van der Waals surface area contributed by atoms with Crippen molar-refractivity contribution in [2.75, 3.05) is 38.3 Å². The van der Waals surface area contributed by atoms with Gasteiger partial charge >= 0.3 is 12.3 Å². The van der Waals surface area contributed by atoms with Gasteiger partial charge < -0.3 is 24.3 Å². The Kier molecular flexibility index (Phi) is 6.22. The lowest BCUT2D eigenvalue weighted by molar-refractivity contribution is -0.137. The minimum absolute atomic E-state index is 0.181. The molecule has 32 heavy (non-hydrogen) atoms. The second-order valence-corrected chi connectivity index (χ2v) is 7.58. The molecule has 3 aromatic rings. The number of imidazole rings is 1. The zero-order valence-electron chi connectivity index (χ0n) is 17.4. The summed E-state index contributed by atoms with van der Waals surface area (Å²) >= 11 is 0. The van der Waals surface area contributed by atoms with Gasteiger partial charge in [0.25, 0.3) is 0 Å². The number of methoxy groups -OCH3 is 1. The Morgan fingerprint density at radius 1 is 1.19 bits per heavy atom. The van der Waals surface area contributed by atoms with E-state index >= 15 is 0 Å². The van der Waals surface area contributed by atoms with Crippen LogP contribution in [-0.2, 0) is 22.3 Å². The van der Waals surface area contributed by atoms with Crippen LogP contribution in [0.25, 0.3) is 11.0 Å². The van der Waals surface area contributed by atoms with Gasteiger partial charge in [-0.3, -0.25) is 0 Å². The summed E-state index contributed by atoms with van der Waals surface area (Å²) in [7, 11) is 1.55. The van der Waals surface area contributed by atoms with E-state index in [9.17, 15) is 18.0 Å². The van der Waals surface area contributed by atoms with E-state index in [1.165, 1.54) is 6.07 Å². The van der Waals surface area contributed by atoms with Crippen LogP contribution < -0.4 is 4.90 Å².